The lowest BCUT2D eigenvalue weighted by atomic mass is 10.1. The zero-order chi connectivity index (χ0) is 21.4. The van der Waals surface area contributed by atoms with Gasteiger partial charge < -0.3 is 9.84 Å². The highest BCUT2D eigenvalue weighted by atomic mass is 16.5. The molecule has 0 saturated heterocycles. The highest BCUT2D eigenvalue weighted by Gasteiger charge is 2.05. The van der Waals surface area contributed by atoms with E-state index in [0.29, 0.717) is 12.2 Å². The summed E-state index contributed by atoms with van der Waals surface area (Å²) in [6.07, 6.45) is 14.7. The van der Waals surface area contributed by atoms with Gasteiger partial charge in [0, 0.05) is 12.6 Å². The van der Waals surface area contributed by atoms with Crippen LogP contribution >= 0.6 is 0 Å². The molecule has 0 aromatic heterocycles. The van der Waals surface area contributed by atoms with E-state index in [1.165, 1.54) is 51.4 Å². The van der Waals surface area contributed by atoms with Crippen molar-refractivity contribution in [3.8, 4) is 11.5 Å². The molecule has 4 nitrogen and oxygen atoms in total. The summed E-state index contributed by atoms with van der Waals surface area (Å²) in [4.78, 5) is 16.4. The standard InChI is InChI=1S/C26H35NO3/c1-2-3-4-5-6-7-8-9-10-11-12-26(29)30-25-19-15-23(16-20-25)27-21-22-13-17-24(28)18-14-22/h13-21,28H,2-12H2,1H3. The van der Waals surface area contributed by atoms with E-state index in [0.717, 1.165) is 24.1 Å². The highest BCUT2D eigenvalue weighted by Crippen LogP contribution is 2.19. The van der Waals surface area contributed by atoms with Gasteiger partial charge in [-0.2, -0.15) is 0 Å². The summed E-state index contributed by atoms with van der Waals surface area (Å²) >= 11 is 0. The van der Waals surface area contributed by atoms with Crippen LogP contribution in [0.4, 0.5) is 5.69 Å². The first-order valence-corrected chi connectivity index (χ1v) is 11.3. The summed E-state index contributed by atoms with van der Waals surface area (Å²) in [6.45, 7) is 2.25. The minimum absolute atomic E-state index is 0.171. The molecular formula is C26H35NO3. The number of nitrogens with zero attached hydrogens (tertiary/aromatic N) is 1. The van der Waals surface area contributed by atoms with Gasteiger partial charge in [-0.15, -0.1) is 0 Å². The van der Waals surface area contributed by atoms with Gasteiger partial charge in [0.1, 0.15) is 11.5 Å². The fourth-order valence-corrected chi connectivity index (χ4v) is 3.25. The number of aliphatic imine (C=N–C) groups is 1. The van der Waals surface area contributed by atoms with Crippen molar-refractivity contribution in [3.63, 3.8) is 0 Å². The Morgan fingerprint density at radius 2 is 1.40 bits per heavy atom. The van der Waals surface area contributed by atoms with E-state index in [9.17, 15) is 9.90 Å². The number of carbonyl (C=O) groups is 1. The Bertz CT molecular complexity index is 751. The van der Waals surface area contributed by atoms with Gasteiger partial charge in [-0.1, -0.05) is 64.7 Å². The molecule has 2 aromatic rings. The van der Waals surface area contributed by atoms with Crippen LogP contribution in [-0.2, 0) is 4.79 Å². The molecule has 0 unspecified atom stereocenters. The summed E-state index contributed by atoms with van der Waals surface area (Å²) in [5, 5.41) is 9.29. The van der Waals surface area contributed by atoms with Crippen molar-refractivity contribution in [3.05, 3.63) is 54.1 Å². The number of hydrogen-bond acceptors (Lipinski definition) is 4. The molecule has 162 valence electrons. The quantitative estimate of drug-likeness (QED) is 0.153. The monoisotopic (exact) mass is 409 g/mol. The maximum absolute atomic E-state index is 12.0. The molecule has 2 aromatic carbocycles. The minimum Gasteiger partial charge on any atom is -0.508 e. The second-order valence-corrected chi connectivity index (χ2v) is 7.75. The van der Waals surface area contributed by atoms with E-state index in [1.54, 1.807) is 42.6 Å². The summed E-state index contributed by atoms with van der Waals surface area (Å²) in [5.41, 5.74) is 1.68. The molecule has 30 heavy (non-hydrogen) atoms. The molecule has 0 radical (unpaired) electrons. The van der Waals surface area contributed by atoms with E-state index in [1.807, 2.05) is 12.1 Å². The number of benzene rings is 2. The van der Waals surface area contributed by atoms with Crippen LogP contribution in [0, 0.1) is 0 Å². The van der Waals surface area contributed by atoms with E-state index in [-0.39, 0.29) is 11.7 Å². The van der Waals surface area contributed by atoms with Gasteiger partial charge in [0.25, 0.3) is 0 Å². The number of ether oxygens (including phenoxy) is 1. The SMILES string of the molecule is CCCCCCCCCCCCC(=O)Oc1ccc(N=Cc2ccc(O)cc2)cc1. The smallest absolute Gasteiger partial charge is 0.311 e. The number of aromatic hydroxyl groups is 1. The van der Waals surface area contributed by atoms with Gasteiger partial charge in [-0.25, -0.2) is 0 Å². The minimum atomic E-state index is -0.171. The van der Waals surface area contributed by atoms with Crippen LogP contribution in [0.25, 0.3) is 0 Å². The van der Waals surface area contributed by atoms with Gasteiger partial charge in [0.05, 0.1) is 5.69 Å². The first-order chi connectivity index (χ1) is 14.7. The zero-order valence-corrected chi connectivity index (χ0v) is 18.2. The third-order valence-electron chi connectivity index (χ3n) is 5.06. The van der Waals surface area contributed by atoms with Gasteiger partial charge >= 0.3 is 5.97 Å². The Kier molecular flexibility index (Phi) is 11.3. The van der Waals surface area contributed by atoms with Crippen molar-refractivity contribution in [2.45, 2.75) is 77.6 Å². The van der Waals surface area contributed by atoms with Crippen LogP contribution in [0.2, 0.25) is 0 Å². The van der Waals surface area contributed by atoms with Gasteiger partial charge in [0.15, 0.2) is 0 Å². The van der Waals surface area contributed by atoms with E-state index in [4.69, 9.17) is 4.74 Å². The summed E-state index contributed by atoms with van der Waals surface area (Å²) in [7, 11) is 0. The average molecular weight is 410 g/mol. The fraction of sp³-hybridized carbons (Fsp3) is 0.462. The van der Waals surface area contributed by atoms with E-state index >= 15 is 0 Å². The lowest BCUT2D eigenvalue weighted by Gasteiger charge is -2.05. The Morgan fingerprint density at radius 1 is 0.833 bits per heavy atom. The van der Waals surface area contributed by atoms with Crippen LogP contribution in [0.5, 0.6) is 11.5 Å². The zero-order valence-electron chi connectivity index (χ0n) is 18.2. The molecule has 0 bridgehead atoms. The van der Waals surface area contributed by atoms with Crippen molar-refractivity contribution in [2.75, 3.05) is 0 Å². The maximum Gasteiger partial charge on any atom is 0.311 e. The molecule has 0 atom stereocenters. The largest absolute Gasteiger partial charge is 0.508 e. The van der Waals surface area contributed by atoms with Crippen molar-refractivity contribution in [1.29, 1.82) is 0 Å². The first-order valence-electron chi connectivity index (χ1n) is 11.3. The Balaban J connectivity index is 1.58. The molecule has 4 heteroatoms. The number of phenolic OH excluding ortho intramolecular Hbond substituents is 1. The maximum atomic E-state index is 12.0. The van der Waals surface area contributed by atoms with Crippen LogP contribution in [0.15, 0.2) is 53.5 Å². The van der Waals surface area contributed by atoms with Crippen molar-refractivity contribution >= 4 is 17.9 Å². The second kappa shape index (κ2) is 14.4. The number of hydrogen-bond donors (Lipinski definition) is 1. The third kappa shape index (κ3) is 10.2. The predicted molar refractivity (Wildman–Crippen MR) is 124 cm³/mol. The Morgan fingerprint density at radius 3 is 2.00 bits per heavy atom. The number of carbonyl (C=O) groups excluding carboxylic acids is 1. The van der Waals surface area contributed by atoms with Gasteiger partial charge in [-0.05, 0) is 60.5 Å². The summed E-state index contributed by atoms with van der Waals surface area (Å²) < 4.78 is 5.41. The molecule has 0 heterocycles. The molecule has 0 aliphatic carbocycles. The first kappa shape index (κ1) is 23.7. The molecule has 0 fully saturated rings. The lowest BCUT2D eigenvalue weighted by molar-refractivity contribution is -0.134. The molecule has 1 N–H and O–H groups in total. The van der Waals surface area contributed by atoms with Crippen LogP contribution < -0.4 is 4.74 Å². The van der Waals surface area contributed by atoms with Gasteiger partial charge in [-0.3, -0.25) is 9.79 Å². The molecular weight excluding hydrogens is 374 g/mol. The molecule has 0 spiro atoms. The van der Waals surface area contributed by atoms with Gasteiger partial charge in [0.2, 0.25) is 0 Å². The van der Waals surface area contributed by atoms with Crippen LogP contribution in [0.1, 0.15) is 83.1 Å². The summed E-state index contributed by atoms with van der Waals surface area (Å²) in [5.74, 6) is 0.613. The molecule has 0 saturated carbocycles. The number of rotatable bonds is 14. The van der Waals surface area contributed by atoms with E-state index < -0.39 is 0 Å². The average Bonchev–Trinajstić information content (AvgIpc) is 2.76. The number of esters is 1. The Labute approximate surface area is 181 Å². The van der Waals surface area contributed by atoms with Crippen molar-refractivity contribution in [1.82, 2.24) is 0 Å². The number of phenols is 1. The summed E-state index contributed by atoms with van der Waals surface area (Å²) in [6, 6.07) is 14.0. The highest BCUT2D eigenvalue weighted by molar-refractivity contribution is 5.82. The normalized spacial score (nSPS) is 11.1. The fourth-order valence-electron chi connectivity index (χ4n) is 3.25. The Hall–Kier alpha value is -2.62. The predicted octanol–water partition coefficient (Wildman–Crippen LogP) is 7.36. The lowest BCUT2D eigenvalue weighted by Crippen LogP contribution is -2.07. The topological polar surface area (TPSA) is 58.9 Å². The van der Waals surface area contributed by atoms with Crippen molar-refractivity contribution < 1.29 is 14.6 Å². The second-order valence-electron chi connectivity index (χ2n) is 7.75. The third-order valence-corrected chi connectivity index (χ3v) is 5.06. The molecule has 0 aliphatic rings. The van der Waals surface area contributed by atoms with Crippen molar-refractivity contribution in [2.24, 2.45) is 4.99 Å². The molecule has 0 aliphatic heterocycles. The molecule has 0 amide bonds. The molecule has 2 rings (SSSR count). The number of unbranched alkanes of at least 4 members (excludes halogenated alkanes) is 9. The van der Waals surface area contributed by atoms with Crippen LogP contribution in [0.3, 0.4) is 0 Å². The van der Waals surface area contributed by atoms with E-state index in [2.05, 4.69) is 11.9 Å². The van der Waals surface area contributed by atoms with Crippen LogP contribution in [-0.4, -0.2) is 17.3 Å².